The average Bonchev–Trinajstić information content (AvgIpc) is 2.78. The molecule has 1 heterocycles. The second-order valence-electron chi connectivity index (χ2n) is 7.78. The molecule has 3 aromatic rings. The number of carbonyl (C=O) groups is 1. The van der Waals surface area contributed by atoms with Gasteiger partial charge in [0.2, 0.25) is 0 Å². The maximum absolute atomic E-state index is 11.8. The lowest BCUT2D eigenvalue weighted by Gasteiger charge is -2.24. The summed E-state index contributed by atoms with van der Waals surface area (Å²) in [7, 11) is 1.42. The molecule has 0 saturated carbocycles. The Morgan fingerprint density at radius 1 is 1.00 bits per heavy atom. The zero-order valence-electron chi connectivity index (χ0n) is 17.7. The zero-order chi connectivity index (χ0) is 21.1. The number of fused-ring (bicyclic) bond motifs is 1. The summed E-state index contributed by atoms with van der Waals surface area (Å²) in [5, 5.41) is 3.24. The molecule has 0 radical (unpaired) electrons. The minimum Gasteiger partial charge on any atom is -0.489 e. The van der Waals surface area contributed by atoms with Crippen LogP contribution in [0.15, 0.2) is 60.7 Å². The average molecular weight is 402 g/mol. The van der Waals surface area contributed by atoms with Crippen LogP contribution >= 0.6 is 0 Å². The smallest absolute Gasteiger partial charge is 0.323 e. The van der Waals surface area contributed by atoms with E-state index in [1.54, 1.807) is 0 Å². The fourth-order valence-electron chi connectivity index (χ4n) is 4.06. The van der Waals surface area contributed by atoms with Gasteiger partial charge in [-0.05, 0) is 71.3 Å². The van der Waals surface area contributed by atoms with E-state index in [4.69, 9.17) is 9.47 Å². The van der Waals surface area contributed by atoms with Crippen LogP contribution in [-0.4, -0.2) is 19.1 Å². The second-order valence-corrected chi connectivity index (χ2v) is 7.78. The van der Waals surface area contributed by atoms with Gasteiger partial charge >= 0.3 is 5.97 Å². The van der Waals surface area contributed by atoms with Crippen molar-refractivity contribution in [3.05, 3.63) is 88.5 Å². The largest absolute Gasteiger partial charge is 0.489 e. The van der Waals surface area contributed by atoms with Crippen molar-refractivity contribution in [1.82, 2.24) is 5.32 Å². The molecule has 3 aromatic carbocycles. The van der Waals surface area contributed by atoms with E-state index >= 15 is 0 Å². The summed E-state index contributed by atoms with van der Waals surface area (Å²) in [6.07, 6.45) is 0.639. The molecule has 0 unspecified atom stereocenters. The number of benzene rings is 3. The molecular weight excluding hydrogens is 374 g/mol. The fraction of sp³-hybridized carbons (Fsp3) is 0.269. The lowest BCUT2D eigenvalue weighted by molar-refractivity contribution is -0.143. The number of esters is 1. The van der Waals surface area contributed by atoms with E-state index in [9.17, 15) is 4.79 Å². The maximum atomic E-state index is 11.8. The van der Waals surface area contributed by atoms with Crippen molar-refractivity contribution < 1.29 is 14.3 Å². The predicted molar refractivity (Wildman–Crippen MR) is 118 cm³/mol. The van der Waals surface area contributed by atoms with Crippen molar-refractivity contribution >= 4 is 5.97 Å². The number of hydrogen-bond acceptors (Lipinski definition) is 4. The Balaban J connectivity index is 1.49. The number of methoxy groups -OCH3 is 1. The molecule has 0 saturated heterocycles. The molecule has 0 bridgehead atoms. The van der Waals surface area contributed by atoms with Gasteiger partial charge in [-0.3, -0.25) is 4.79 Å². The van der Waals surface area contributed by atoms with E-state index < -0.39 is 0 Å². The Labute approximate surface area is 177 Å². The standard InChI is InChI=1S/C26H27NO3/c1-17-7-4-5-9-23(17)24-10-6-8-20(18(24)2)16-30-22-12-11-19-14-25(26(28)29-3)27-15-21(19)13-22/h4-13,25,27H,14-16H2,1-3H3/t25-/m0/s1. The van der Waals surface area contributed by atoms with Crippen LogP contribution in [0.5, 0.6) is 5.75 Å². The summed E-state index contributed by atoms with van der Waals surface area (Å²) < 4.78 is 11.0. The lowest BCUT2D eigenvalue weighted by Crippen LogP contribution is -2.42. The highest BCUT2D eigenvalue weighted by atomic mass is 16.5. The monoisotopic (exact) mass is 401 g/mol. The Bertz CT molecular complexity index is 1070. The molecule has 4 heteroatoms. The highest BCUT2D eigenvalue weighted by molar-refractivity contribution is 5.76. The van der Waals surface area contributed by atoms with Gasteiger partial charge in [0.15, 0.2) is 0 Å². The van der Waals surface area contributed by atoms with E-state index in [2.05, 4.69) is 73.8 Å². The SMILES string of the molecule is COC(=O)[C@@H]1Cc2ccc(OCc3cccc(-c4ccccc4C)c3C)cc2CN1. The highest BCUT2D eigenvalue weighted by Gasteiger charge is 2.24. The van der Waals surface area contributed by atoms with Gasteiger partial charge in [-0.2, -0.15) is 0 Å². The Kier molecular flexibility index (Phi) is 5.86. The van der Waals surface area contributed by atoms with Crippen LogP contribution in [0, 0.1) is 13.8 Å². The molecule has 154 valence electrons. The van der Waals surface area contributed by atoms with E-state index in [0.717, 1.165) is 16.9 Å². The molecule has 4 nitrogen and oxygen atoms in total. The van der Waals surface area contributed by atoms with Gasteiger partial charge in [-0.1, -0.05) is 48.5 Å². The van der Waals surface area contributed by atoms with Crippen LogP contribution < -0.4 is 10.1 Å². The molecule has 0 aliphatic carbocycles. The summed E-state index contributed by atoms with van der Waals surface area (Å²) >= 11 is 0. The normalized spacial score (nSPS) is 15.4. The molecule has 4 rings (SSSR count). The first-order valence-corrected chi connectivity index (χ1v) is 10.3. The predicted octanol–water partition coefficient (Wildman–Crippen LogP) is 4.74. The topological polar surface area (TPSA) is 47.6 Å². The zero-order valence-corrected chi connectivity index (χ0v) is 17.7. The molecule has 0 aromatic heterocycles. The van der Waals surface area contributed by atoms with E-state index in [1.165, 1.54) is 34.9 Å². The molecule has 0 fully saturated rings. The van der Waals surface area contributed by atoms with Crippen LogP contribution in [-0.2, 0) is 29.1 Å². The molecule has 0 amide bonds. The van der Waals surface area contributed by atoms with E-state index in [-0.39, 0.29) is 12.0 Å². The fourth-order valence-corrected chi connectivity index (χ4v) is 4.06. The van der Waals surface area contributed by atoms with Crippen LogP contribution in [0.1, 0.15) is 27.8 Å². The van der Waals surface area contributed by atoms with Crippen molar-refractivity contribution in [2.45, 2.75) is 39.5 Å². The van der Waals surface area contributed by atoms with Gasteiger partial charge in [0.1, 0.15) is 18.4 Å². The van der Waals surface area contributed by atoms with Crippen LogP contribution in [0.3, 0.4) is 0 Å². The van der Waals surface area contributed by atoms with Gasteiger partial charge in [0.25, 0.3) is 0 Å². The van der Waals surface area contributed by atoms with Crippen LogP contribution in [0.25, 0.3) is 11.1 Å². The summed E-state index contributed by atoms with van der Waals surface area (Å²) in [5.41, 5.74) is 8.53. The van der Waals surface area contributed by atoms with Crippen LogP contribution in [0.4, 0.5) is 0 Å². The van der Waals surface area contributed by atoms with Gasteiger partial charge < -0.3 is 14.8 Å². The lowest BCUT2D eigenvalue weighted by atomic mass is 9.94. The van der Waals surface area contributed by atoms with Gasteiger partial charge in [-0.25, -0.2) is 0 Å². The number of ether oxygens (including phenoxy) is 2. The summed E-state index contributed by atoms with van der Waals surface area (Å²) in [6.45, 7) is 5.45. The van der Waals surface area contributed by atoms with E-state index in [1.807, 2.05) is 6.07 Å². The minimum absolute atomic E-state index is 0.218. The third-order valence-electron chi connectivity index (χ3n) is 5.90. The Hall–Kier alpha value is -3.11. The summed E-state index contributed by atoms with van der Waals surface area (Å²) in [4.78, 5) is 11.8. The molecule has 0 spiro atoms. The van der Waals surface area contributed by atoms with Gasteiger partial charge in [0.05, 0.1) is 7.11 Å². The number of nitrogens with one attached hydrogen (secondary N) is 1. The number of hydrogen-bond donors (Lipinski definition) is 1. The Morgan fingerprint density at radius 3 is 2.60 bits per heavy atom. The van der Waals surface area contributed by atoms with Crippen molar-refractivity contribution in [1.29, 1.82) is 0 Å². The first-order valence-electron chi connectivity index (χ1n) is 10.3. The number of carbonyl (C=O) groups excluding carboxylic acids is 1. The van der Waals surface area contributed by atoms with Crippen molar-refractivity contribution in [2.75, 3.05) is 7.11 Å². The molecular formula is C26H27NO3. The second kappa shape index (κ2) is 8.72. The number of rotatable bonds is 5. The van der Waals surface area contributed by atoms with Gasteiger partial charge in [0, 0.05) is 6.54 Å². The highest BCUT2D eigenvalue weighted by Crippen LogP contribution is 2.29. The minimum atomic E-state index is -0.277. The first kappa shape index (κ1) is 20.2. The molecule has 1 aliphatic heterocycles. The third-order valence-corrected chi connectivity index (χ3v) is 5.90. The quantitative estimate of drug-likeness (QED) is 0.628. The molecule has 1 aliphatic rings. The molecule has 1 N–H and O–H groups in total. The van der Waals surface area contributed by atoms with Crippen molar-refractivity contribution in [3.8, 4) is 16.9 Å². The van der Waals surface area contributed by atoms with Crippen molar-refractivity contribution in [2.24, 2.45) is 0 Å². The third kappa shape index (κ3) is 4.10. The van der Waals surface area contributed by atoms with E-state index in [0.29, 0.717) is 19.6 Å². The first-order chi connectivity index (χ1) is 14.6. The molecule has 30 heavy (non-hydrogen) atoms. The van der Waals surface area contributed by atoms with Crippen LogP contribution in [0.2, 0.25) is 0 Å². The maximum Gasteiger partial charge on any atom is 0.323 e. The van der Waals surface area contributed by atoms with Crippen molar-refractivity contribution in [3.63, 3.8) is 0 Å². The molecule has 1 atom stereocenters. The summed E-state index contributed by atoms with van der Waals surface area (Å²) in [6, 6.07) is 20.7. The number of aryl methyl sites for hydroxylation is 1. The van der Waals surface area contributed by atoms with Gasteiger partial charge in [-0.15, -0.1) is 0 Å². The Morgan fingerprint density at radius 2 is 1.80 bits per heavy atom. The summed E-state index contributed by atoms with van der Waals surface area (Å²) in [5.74, 6) is 0.623.